The van der Waals surface area contributed by atoms with Crippen LogP contribution in [0.4, 0.5) is 0 Å². The van der Waals surface area contributed by atoms with E-state index in [9.17, 15) is 13.7 Å². The summed E-state index contributed by atoms with van der Waals surface area (Å²) in [5.41, 5.74) is -0.896. The molecule has 1 aliphatic rings. The fourth-order valence-electron chi connectivity index (χ4n) is 2.16. The van der Waals surface area contributed by atoms with Crippen LogP contribution in [0.2, 0.25) is 0 Å². The highest BCUT2D eigenvalue weighted by Gasteiger charge is 2.39. The lowest BCUT2D eigenvalue weighted by Crippen LogP contribution is -2.52. The van der Waals surface area contributed by atoms with Crippen molar-refractivity contribution >= 4 is 10.0 Å². The number of rotatable bonds is 2. The van der Waals surface area contributed by atoms with E-state index in [1.165, 1.54) is 6.42 Å². The molecule has 0 spiro atoms. The zero-order valence-electron chi connectivity index (χ0n) is 11.6. The Labute approximate surface area is 111 Å². The van der Waals surface area contributed by atoms with Crippen molar-refractivity contribution in [1.29, 1.82) is 5.26 Å². The Kier molecular flexibility index (Phi) is 4.79. The van der Waals surface area contributed by atoms with Gasteiger partial charge in [-0.2, -0.15) is 9.98 Å². The van der Waals surface area contributed by atoms with Crippen molar-refractivity contribution < 1.29 is 8.42 Å². The molecule has 0 aromatic rings. The van der Waals surface area contributed by atoms with Crippen molar-refractivity contribution in [2.45, 2.75) is 76.0 Å². The standard InChI is InChI=1S/C13H24N2O2S/c1-12(2,3)18(16,17)15-13(11-14)9-7-5-4-6-8-10-13/h15H,4-10H2,1-3H3. The van der Waals surface area contributed by atoms with Crippen molar-refractivity contribution in [2.24, 2.45) is 0 Å². The lowest BCUT2D eigenvalue weighted by molar-refractivity contribution is 0.354. The van der Waals surface area contributed by atoms with Gasteiger partial charge in [0.15, 0.2) is 0 Å². The van der Waals surface area contributed by atoms with E-state index < -0.39 is 20.3 Å². The number of nitrogens with one attached hydrogen (secondary N) is 1. The smallest absolute Gasteiger partial charge is 0.212 e. The topological polar surface area (TPSA) is 70.0 Å². The van der Waals surface area contributed by atoms with Crippen molar-refractivity contribution in [3.63, 3.8) is 0 Å². The lowest BCUT2D eigenvalue weighted by atomic mass is 9.86. The van der Waals surface area contributed by atoms with Gasteiger partial charge in [0.1, 0.15) is 5.54 Å². The van der Waals surface area contributed by atoms with E-state index in [1.54, 1.807) is 20.8 Å². The molecule has 0 saturated heterocycles. The molecular weight excluding hydrogens is 248 g/mol. The molecule has 1 N–H and O–H groups in total. The van der Waals surface area contributed by atoms with Crippen molar-refractivity contribution in [3.05, 3.63) is 0 Å². The van der Waals surface area contributed by atoms with Crippen LogP contribution in [0.5, 0.6) is 0 Å². The highest BCUT2D eigenvalue weighted by molar-refractivity contribution is 7.90. The summed E-state index contributed by atoms with van der Waals surface area (Å²) in [6, 6.07) is 2.22. The van der Waals surface area contributed by atoms with Gasteiger partial charge in [0.2, 0.25) is 10.0 Å². The first-order chi connectivity index (χ1) is 8.22. The summed E-state index contributed by atoms with van der Waals surface area (Å²) in [4.78, 5) is 0. The summed E-state index contributed by atoms with van der Waals surface area (Å²) >= 11 is 0. The van der Waals surface area contributed by atoms with Crippen LogP contribution in [0.15, 0.2) is 0 Å². The highest BCUT2D eigenvalue weighted by Crippen LogP contribution is 2.28. The van der Waals surface area contributed by atoms with Crippen LogP contribution in [-0.2, 0) is 10.0 Å². The maximum absolute atomic E-state index is 12.2. The van der Waals surface area contributed by atoms with Crippen LogP contribution in [0.3, 0.4) is 0 Å². The molecular formula is C13H24N2O2S. The molecule has 1 aliphatic carbocycles. The molecule has 4 nitrogen and oxygen atoms in total. The highest BCUT2D eigenvalue weighted by atomic mass is 32.2. The van der Waals surface area contributed by atoms with E-state index in [0.29, 0.717) is 12.8 Å². The third-order valence-corrected chi connectivity index (χ3v) is 5.83. The van der Waals surface area contributed by atoms with Gasteiger partial charge >= 0.3 is 0 Å². The lowest BCUT2D eigenvalue weighted by Gasteiger charge is -2.32. The molecule has 0 unspecified atom stereocenters. The Morgan fingerprint density at radius 2 is 1.50 bits per heavy atom. The maximum Gasteiger partial charge on any atom is 0.217 e. The monoisotopic (exact) mass is 272 g/mol. The van der Waals surface area contributed by atoms with E-state index >= 15 is 0 Å². The largest absolute Gasteiger partial charge is 0.217 e. The average molecular weight is 272 g/mol. The summed E-state index contributed by atoms with van der Waals surface area (Å²) < 4.78 is 26.2. The van der Waals surface area contributed by atoms with Crippen molar-refractivity contribution in [1.82, 2.24) is 4.72 Å². The molecule has 0 aliphatic heterocycles. The minimum atomic E-state index is -3.47. The molecule has 5 heteroatoms. The van der Waals surface area contributed by atoms with Gasteiger partial charge in [0.25, 0.3) is 0 Å². The molecule has 0 heterocycles. The number of hydrogen-bond donors (Lipinski definition) is 1. The Morgan fingerprint density at radius 3 is 1.89 bits per heavy atom. The van der Waals surface area contributed by atoms with Gasteiger partial charge in [-0.25, -0.2) is 8.42 Å². The Bertz CT molecular complexity index is 407. The zero-order chi connectivity index (χ0) is 13.9. The fourth-order valence-corrected chi connectivity index (χ4v) is 3.23. The molecule has 1 rings (SSSR count). The van der Waals surface area contributed by atoms with Gasteiger partial charge in [-0.1, -0.05) is 32.1 Å². The molecule has 0 aromatic carbocycles. The van der Waals surface area contributed by atoms with Crippen LogP contribution in [0, 0.1) is 11.3 Å². The molecule has 18 heavy (non-hydrogen) atoms. The fraction of sp³-hybridized carbons (Fsp3) is 0.923. The molecule has 0 aromatic heterocycles. The third kappa shape index (κ3) is 3.69. The number of hydrogen-bond acceptors (Lipinski definition) is 3. The summed E-state index contributed by atoms with van der Waals surface area (Å²) in [7, 11) is -3.47. The van der Waals surface area contributed by atoms with E-state index in [2.05, 4.69) is 10.8 Å². The first-order valence-corrected chi connectivity index (χ1v) is 8.16. The minimum absolute atomic E-state index is 0.624. The van der Waals surface area contributed by atoms with Crippen LogP contribution in [-0.4, -0.2) is 18.7 Å². The summed E-state index contributed by atoms with van der Waals surface area (Å²) in [5.74, 6) is 0. The second-order valence-corrected chi connectivity index (χ2v) is 8.62. The number of nitriles is 1. The van der Waals surface area contributed by atoms with E-state index in [1.807, 2.05) is 0 Å². The SMILES string of the molecule is CC(C)(C)S(=O)(=O)NC1(C#N)CCCCCCC1. The molecule has 0 bridgehead atoms. The van der Waals surface area contributed by atoms with E-state index in [0.717, 1.165) is 25.7 Å². The molecule has 1 fully saturated rings. The normalized spacial score (nSPS) is 21.7. The summed E-state index contributed by atoms with van der Waals surface area (Å²) in [6.07, 6.45) is 6.44. The third-order valence-electron chi connectivity index (χ3n) is 3.56. The maximum atomic E-state index is 12.2. The van der Waals surface area contributed by atoms with E-state index in [4.69, 9.17) is 0 Å². The molecule has 1 saturated carbocycles. The van der Waals surface area contributed by atoms with Gasteiger partial charge in [-0.3, -0.25) is 0 Å². The Morgan fingerprint density at radius 1 is 1.06 bits per heavy atom. The van der Waals surface area contributed by atoms with E-state index in [-0.39, 0.29) is 0 Å². The van der Waals surface area contributed by atoms with Crippen LogP contribution < -0.4 is 4.72 Å². The number of sulfonamides is 1. The van der Waals surface area contributed by atoms with Gasteiger partial charge in [-0.05, 0) is 33.6 Å². The van der Waals surface area contributed by atoms with Gasteiger partial charge in [0, 0.05) is 0 Å². The van der Waals surface area contributed by atoms with Gasteiger partial charge in [0.05, 0.1) is 10.8 Å². The molecule has 0 amide bonds. The average Bonchev–Trinajstić information content (AvgIpc) is 2.20. The van der Waals surface area contributed by atoms with Gasteiger partial charge < -0.3 is 0 Å². The molecule has 0 radical (unpaired) electrons. The predicted molar refractivity (Wildman–Crippen MR) is 72.5 cm³/mol. The molecule has 0 atom stereocenters. The predicted octanol–water partition coefficient (Wildman–Crippen LogP) is 2.71. The second kappa shape index (κ2) is 5.58. The molecule has 104 valence electrons. The van der Waals surface area contributed by atoms with Crippen LogP contribution >= 0.6 is 0 Å². The summed E-state index contributed by atoms with van der Waals surface area (Å²) in [6.45, 7) is 4.97. The first kappa shape index (κ1) is 15.5. The minimum Gasteiger partial charge on any atom is -0.212 e. The zero-order valence-corrected chi connectivity index (χ0v) is 12.4. The van der Waals surface area contributed by atoms with Crippen molar-refractivity contribution in [2.75, 3.05) is 0 Å². The Balaban J connectivity index is 2.92. The van der Waals surface area contributed by atoms with Gasteiger partial charge in [-0.15, -0.1) is 0 Å². The first-order valence-electron chi connectivity index (χ1n) is 6.67. The number of nitrogens with zero attached hydrogens (tertiary/aromatic N) is 1. The van der Waals surface area contributed by atoms with Crippen LogP contribution in [0.25, 0.3) is 0 Å². The Hall–Kier alpha value is -0.600. The van der Waals surface area contributed by atoms with Crippen molar-refractivity contribution in [3.8, 4) is 6.07 Å². The van der Waals surface area contributed by atoms with Crippen LogP contribution in [0.1, 0.15) is 65.7 Å². The quantitative estimate of drug-likeness (QED) is 0.840. The summed E-state index contributed by atoms with van der Waals surface area (Å²) in [5, 5.41) is 9.41. The second-order valence-electron chi connectivity index (χ2n) is 6.18.